The summed E-state index contributed by atoms with van der Waals surface area (Å²) in [6.45, 7) is 8.82. The highest BCUT2D eigenvalue weighted by atomic mass is 32.2. The van der Waals surface area contributed by atoms with Crippen molar-refractivity contribution in [2.45, 2.75) is 40.2 Å². The number of aryl methyl sites for hydroxylation is 1. The normalized spacial score (nSPS) is 14.0. The molecule has 0 aromatic heterocycles. The zero-order chi connectivity index (χ0) is 20.0. The molecule has 0 aliphatic rings. The standard InChI is InChI=1S/C19H33N3O3S/c1-14-8-9-17(25-6)16(12-14)15(2)22-18(20-5)21-13-19(3,4)10-11-26(7,23)24/h8-9,12,15H,10-11,13H2,1-7H3,(H2,20,21,22). The van der Waals surface area contributed by atoms with Crippen molar-refractivity contribution in [2.75, 3.05) is 32.7 Å². The Morgan fingerprint density at radius 2 is 2.00 bits per heavy atom. The van der Waals surface area contributed by atoms with Crippen molar-refractivity contribution in [1.82, 2.24) is 10.6 Å². The number of hydrogen-bond donors (Lipinski definition) is 2. The molecule has 6 nitrogen and oxygen atoms in total. The molecular formula is C19H33N3O3S. The maximum absolute atomic E-state index is 11.4. The Bertz CT molecular complexity index is 728. The number of ether oxygens (including phenoxy) is 1. The van der Waals surface area contributed by atoms with Gasteiger partial charge in [-0.05, 0) is 31.7 Å². The molecule has 0 fully saturated rings. The number of methoxy groups -OCH3 is 1. The van der Waals surface area contributed by atoms with Gasteiger partial charge in [-0.3, -0.25) is 4.99 Å². The Kier molecular flexibility index (Phi) is 7.93. The van der Waals surface area contributed by atoms with Gasteiger partial charge in [-0.25, -0.2) is 8.42 Å². The van der Waals surface area contributed by atoms with Crippen molar-refractivity contribution >= 4 is 15.8 Å². The lowest BCUT2D eigenvalue weighted by Crippen LogP contribution is -2.43. The van der Waals surface area contributed by atoms with Gasteiger partial charge in [-0.15, -0.1) is 0 Å². The van der Waals surface area contributed by atoms with Gasteiger partial charge in [-0.1, -0.05) is 31.5 Å². The molecule has 148 valence electrons. The number of nitrogens with one attached hydrogen (secondary N) is 2. The first-order valence-corrected chi connectivity index (χ1v) is 10.8. The molecule has 0 aliphatic heterocycles. The molecular weight excluding hydrogens is 350 g/mol. The highest BCUT2D eigenvalue weighted by Gasteiger charge is 2.21. The van der Waals surface area contributed by atoms with Crippen LogP contribution in [0.2, 0.25) is 0 Å². The summed E-state index contributed by atoms with van der Waals surface area (Å²) >= 11 is 0. The largest absolute Gasteiger partial charge is 0.496 e. The zero-order valence-corrected chi connectivity index (χ0v) is 17.8. The van der Waals surface area contributed by atoms with Crippen molar-refractivity contribution in [3.63, 3.8) is 0 Å². The van der Waals surface area contributed by atoms with Crippen molar-refractivity contribution in [3.8, 4) is 5.75 Å². The van der Waals surface area contributed by atoms with Gasteiger partial charge in [-0.2, -0.15) is 0 Å². The molecule has 1 atom stereocenters. The number of rotatable bonds is 8. The van der Waals surface area contributed by atoms with Crippen LogP contribution in [0.1, 0.15) is 44.4 Å². The Hall–Kier alpha value is -1.76. The second-order valence-corrected chi connectivity index (χ2v) is 9.84. The van der Waals surface area contributed by atoms with Crippen LogP contribution in [-0.2, 0) is 9.84 Å². The molecule has 0 radical (unpaired) electrons. The van der Waals surface area contributed by atoms with Gasteiger partial charge in [0.15, 0.2) is 5.96 Å². The Morgan fingerprint density at radius 3 is 2.54 bits per heavy atom. The third-order valence-electron chi connectivity index (χ3n) is 4.31. The quantitative estimate of drug-likeness (QED) is 0.533. The van der Waals surface area contributed by atoms with E-state index in [4.69, 9.17) is 4.74 Å². The van der Waals surface area contributed by atoms with Crippen LogP contribution in [0, 0.1) is 12.3 Å². The SMILES string of the molecule is CN=C(NCC(C)(C)CCS(C)(=O)=O)NC(C)c1cc(C)ccc1OC. The number of guanidine groups is 1. The molecule has 1 unspecified atom stereocenters. The maximum atomic E-state index is 11.4. The molecule has 1 rings (SSSR count). The first-order valence-electron chi connectivity index (χ1n) is 8.77. The van der Waals surface area contributed by atoms with E-state index in [9.17, 15) is 8.42 Å². The van der Waals surface area contributed by atoms with E-state index < -0.39 is 9.84 Å². The van der Waals surface area contributed by atoms with Gasteiger partial charge in [0.05, 0.1) is 18.9 Å². The highest BCUT2D eigenvalue weighted by molar-refractivity contribution is 7.90. The highest BCUT2D eigenvalue weighted by Crippen LogP contribution is 2.26. The molecule has 0 saturated carbocycles. The lowest BCUT2D eigenvalue weighted by atomic mass is 9.90. The molecule has 26 heavy (non-hydrogen) atoms. The second kappa shape index (κ2) is 9.26. The van der Waals surface area contributed by atoms with Crippen LogP contribution in [0.15, 0.2) is 23.2 Å². The molecule has 0 spiro atoms. The summed E-state index contributed by atoms with van der Waals surface area (Å²) in [4.78, 5) is 4.28. The molecule has 1 aromatic rings. The fraction of sp³-hybridized carbons (Fsp3) is 0.632. The second-order valence-electron chi connectivity index (χ2n) is 7.58. The Balaban J connectivity index is 2.72. The smallest absolute Gasteiger partial charge is 0.191 e. The summed E-state index contributed by atoms with van der Waals surface area (Å²) in [6, 6.07) is 6.09. The van der Waals surface area contributed by atoms with E-state index in [0.29, 0.717) is 18.9 Å². The van der Waals surface area contributed by atoms with E-state index >= 15 is 0 Å². The average molecular weight is 384 g/mol. The van der Waals surface area contributed by atoms with E-state index in [2.05, 4.69) is 28.6 Å². The van der Waals surface area contributed by atoms with Gasteiger partial charge in [0, 0.05) is 25.4 Å². The van der Waals surface area contributed by atoms with Gasteiger partial charge in [0.1, 0.15) is 15.6 Å². The van der Waals surface area contributed by atoms with Crippen molar-refractivity contribution in [3.05, 3.63) is 29.3 Å². The number of sulfone groups is 1. The molecule has 2 N–H and O–H groups in total. The predicted molar refractivity (Wildman–Crippen MR) is 109 cm³/mol. The van der Waals surface area contributed by atoms with E-state index in [1.54, 1.807) is 14.2 Å². The molecule has 0 heterocycles. The van der Waals surface area contributed by atoms with Crippen LogP contribution < -0.4 is 15.4 Å². The van der Waals surface area contributed by atoms with Crippen LogP contribution >= 0.6 is 0 Å². The maximum Gasteiger partial charge on any atom is 0.191 e. The van der Waals surface area contributed by atoms with Gasteiger partial charge in [0.2, 0.25) is 0 Å². The van der Waals surface area contributed by atoms with Gasteiger partial charge in [0.25, 0.3) is 0 Å². The molecule has 0 saturated heterocycles. The fourth-order valence-electron chi connectivity index (χ4n) is 2.54. The Morgan fingerprint density at radius 1 is 1.35 bits per heavy atom. The van der Waals surface area contributed by atoms with Crippen molar-refractivity contribution < 1.29 is 13.2 Å². The van der Waals surface area contributed by atoms with Crippen LogP contribution in [0.3, 0.4) is 0 Å². The topological polar surface area (TPSA) is 79.8 Å². The molecule has 0 bridgehead atoms. The molecule has 0 amide bonds. The number of aliphatic imine (C=N–C) groups is 1. The van der Waals surface area contributed by atoms with Crippen molar-refractivity contribution in [1.29, 1.82) is 0 Å². The Labute approximate surface area is 158 Å². The van der Waals surface area contributed by atoms with E-state index in [0.717, 1.165) is 11.3 Å². The zero-order valence-electron chi connectivity index (χ0n) is 17.0. The molecule has 1 aromatic carbocycles. The number of hydrogen-bond acceptors (Lipinski definition) is 4. The fourth-order valence-corrected chi connectivity index (χ4v) is 3.47. The third-order valence-corrected chi connectivity index (χ3v) is 5.26. The van der Waals surface area contributed by atoms with Crippen LogP contribution in [0.4, 0.5) is 0 Å². The van der Waals surface area contributed by atoms with Crippen molar-refractivity contribution in [2.24, 2.45) is 10.4 Å². The summed E-state index contributed by atoms with van der Waals surface area (Å²) in [6.07, 6.45) is 1.87. The van der Waals surface area contributed by atoms with Crippen LogP contribution in [0.5, 0.6) is 5.75 Å². The van der Waals surface area contributed by atoms with E-state index in [1.807, 2.05) is 32.9 Å². The summed E-state index contributed by atoms with van der Waals surface area (Å²) in [7, 11) is 0.430. The van der Waals surface area contributed by atoms with Gasteiger partial charge >= 0.3 is 0 Å². The average Bonchev–Trinajstić information content (AvgIpc) is 2.56. The number of nitrogens with zero attached hydrogens (tertiary/aromatic N) is 1. The third kappa shape index (κ3) is 7.64. The minimum absolute atomic E-state index is 0.00943. The van der Waals surface area contributed by atoms with E-state index in [1.165, 1.54) is 11.8 Å². The summed E-state index contributed by atoms with van der Waals surface area (Å²) in [5.41, 5.74) is 2.07. The summed E-state index contributed by atoms with van der Waals surface area (Å²) < 4.78 is 28.2. The first-order chi connectivity index (χ1) is 12.0. The van der Waals surface area contributed by atoms with Gasteiger partial charge < -0.3 is 15.4 Å². The van der Waals surface area contributed by atoms with E-state index in [-0.39, 0.29) is 17.2 Å². The van der Waals surface area contributed by atoms with Crippen LogP contribution in [-0.4, -0.2) is 47.1 Å². The molecule has 0 aliphatic carbocycles. The first kappa shape index (κ1) is 22.3. The summed E-state index contributed by atoms with van der Waals surface area (Å²) in [5, 5.41) is 6.67. The van der Waals surface area contributed by atoms with Crippen LogP contribution in [0.25, 0.3) is 0 Å². The molecule has 7 heteroatoms. The number of benzene rings is 1. The lowest BCUT2D eigenvalue weighted by molar-refractivity contribution is 0.348. The minimum Gasteiger partial charge on any atom is -0.496 e. The summed E-state index contributed by atoms with van der Waals surface area (Å²) in [5.74, 6) is 1.69. The monoisotopic (exact) mass is 383 g/mol. The lowest BCUT2D eigenvalue weighted by Gasteiger charge is -2.27. The predicted octanol–water partition coefficient (Wildman–Crippen LogP) is 2.69. The minimum atomic E-state index is -2.96.